The lowest BCUT2D eigenvalue weighted by Crippen LogP contribution is -2.02. The van der Waals surface area contributed by atoms with E-state index < -0.39 is 0 Å². The van der Waals surface area contributed by atoms with Crippen LogP contribution in [0.3, 0.4) is 0 Å². The van der Waals surface area contributed by atoms with Crippen LogP contribution in [0, 0.1) is 17.2 Å². The first-order valence-corrected chi connectivity index (χ1v) is 3.53. The minimum atomic E-state index is 0.392. The lowest BCUT2D eigenvalue weighted by Gasteiger charge is -2.13. The van der Waals surface area contributed by atoms with Crippen molar-refractivity contribution in [3.05, 3.63) is 0 Å². The summed E-state index contributed by atoms with van der Waals surface area (Å²) >= 11 is 0. The van der Waals surface area contributed by atoms with Crippen LogP contribution in [0.15, 0.2) is 0 Å². The van der Waals surface area contributed by atoms with Crippen LogP contribution in [-0.4, -0.2) is 10.5 Å². The van der Waals surface area contributed by atoms with Crippen LogP contribution in [0.4, 0.5) is 0 Å². The SMILES string of the molecule is N#CC1CCCCC1.OO. The van der Waals surface area contributed by atoms with Crippen LogP contribution in [0.25, 0.3) is 0 Å². The Morgan fingerprint density at radius 2 is 1.60 bits per heavy atom. The fourth-order valence-corrected chi connectivity index (χ4v) is 1.23. The molecule has 1 fully saturated rings. The maximum Gasteiger partial charge on any atom is 0.0655 e. The summed E-state index contributed by atoms with van der Waals surface area (Å²) in [6, 6.07) is 2.30. The molecule has 0 bridgehead atoms. The summed E-state index contributed by atoms with van der Waals surface area (Å²) < 4.78 is 0. The van der Waals surface area contributed by atoms with E-state index in [-0.39, 0.29) is 0 Å². The van der Waals surface area contributed by atoms with E-state index in [1.54, 1.807) is 0 Å². The predicted octanol–water partition coefficient (Wildman–Crippen LogP) is 2.11. The summed E-state index contributed by atoms with van der Waals surface area (Å²) in [6.07, 6.45) is 6.20. The molecular formula is C7H13NO2. The zero-order valence-electron chi connectivity index (χ0n) is 5.95. The van der Waals surface area contributed by atoms with E-state index in [4.69, 9.17) is 15.8 Å². The third-order valence-electron chi connectivity index (χ3n) is 1.79. The van der Waals surface area contributed by atoms with Gasteiger partial charge in [0.1, 0.15) is 0 Å². The molecule has 1 aliphatic rings. The van der Waals surface area contributed by atoms with Crippen LogP contribution in [0.5, 0.6) is 0 Å². The molecule has 1 rings (SSSR count). The van der Waals surface area contributed by atoms with Crippen molar-refractivity contribution in [2.24, 2.45) is 5.92 Å². The standard InChI is InChI=1S/C7H11N.H2O2/c8-6-7-4-2-1-3-5-7;1-2/h7H,1-5H2;1-2H. The highest BCUT2D eigenvalue weighted by Crippen LogP contribution is 2.22. The Hall–Kier alpha value is -0.590. The smallest absolute Gasteiger partial charge is 0.0655 e. The van der Waals surface area contributed by atoms with Crippen molar-refractivity contribution in [2.75, 3.05) is 0 Å². The number of hydrogen-bond acceptors (Lipinski definition) is 3. The van der Waals surface area contributed by atoms with Gasteiger partial charge in [-0.2, -0.15) is 5.26 Å². The Morgan fingerprint density at radius 3 is 1.90 bits per heavy atom. The second-order valence-corrected chi connectivity index (χ2v) is 2.46. The number of nitriles is 1. The van der Waals surface area contributed by atoms with E-state index in [9.17, 15) is 0 Å². The molecule has 0 amide bonds. The van der Waals surface area contributed by atoms with Crippen molar-refractivity contribution >= 4 is 0 Å². The number of nitrogens with zero attached hydrogens (tertiary/aromatic N) is 1. The molecule has 10 heavy (non-hydrogen) atoms. The van der Waals surface area contributed by atoms with Crippen LogP contribution in [-0.2, 0) is 0 Å². The van der Waals surface area contributed by atoms with Gasteiger partial charge in [-0.3, -0.25) is 10.5 Å². The van der Waals surface area contributed by atoms with E-state index >= 15 is 0 Å². The minimum Gasteiger partial charge on any atom is -0.255 e. The van der Waals surface area contributed by atoms with E-state index in [0.29, 0.717) is 5.92 Å². The average Bonchev–Trinajstić information content (AvgIpc) is 2.10. The summed E-state index contributed by atoms with van der Waals surface area (Å²) in [6.45, 7) is 0. The molecule has 2 N–H and O–H groups in total. The summed E-state index contributed by atoms with van der Waals surface area (Å²) in [7, 11) is 0. The van der Waals surface area contributed by atoms with Crippen molar-refractivity contribution in [1.29, 1.82) is 5.26 Å². The highest BCUT2D eigenvalue weighted by molar-refractivity contribution is 4.84. The van der Waals surface area contributed by atoms with Crippen molar-refractivity contribution in [3.63, 3.8) is 0 Å². The summed E-state index contributed by atoms with van der Waals surface area (Å²) in [5.41, 5.74) is 0. The Kier molecular flexibility index (Phi) is 6.14. The van der Waals surface area contributed by atoms with Gasteiger partial charge in [0.05, 0.1) is 6.07 Å². The number of hydrogen-bond donors (Lipinski definition) is 2. The summed E-state index contributed by atoms with van der Waals surface area (Å²) in [5.74, 6) is 0.392. The predicted molar refractivity (Wildman–Crippen MR) is 37.4 cm³/mol. The van der Waals surface area contributed by atoms with Gasteiger partial charge in [-0.05, 0) is 12.8 Å². The maximum absolute atomic E-state index is 8.44. The monoisotopic (exact) mass is 143 g/mol. The van der Waals surface area contributed by atoms with Crippen LogP contribution in [0.1, 0.15) is 32.1 Å². The van der Waals surface area contributed by atoms with Gasteiger partial charge >= 0.3 is 0 Å². The maximum atomic E-state index is 8.44. The Morgan fingerprint density at radius 1 is 1.10 bits per heavy atom. The Bertz CT molecular complexity index is 103. The van der Waals surface area contributed by atoms with Gasteiger partial charge in [-0.1, -0.05) is 19.3 Å². The largest absolute Gasteiger partial charge is 0.255 e. The molecule has 0 aromatic heterocycles. The highest BCUT2D eigenvalue weighted by Gasteiger charge is 2.10. The molecule has 0 aliphatic heterocycles. The van der Waals surface area contributed by atoms with Crippen LogP contribution < -0.4 is 0 Å². The fourth-order valence-electron chi connectivity index (χ4n) is 1.23. The quantitative estimate of drug-likeness (QED) is 0.403. The third kappa shape index (κ3) is 3.44. The van der Waals surface area contributed by atoms with Gasteiger partial charge in [-0.15, -0.1) is 0 Å². The molecule has 1 aliphatic carbocycles. The van der Waals surface area contributed by atoms with Gasteiger partial charge in [0.25, 0.3) is 0 Å². The minimum absolute atomic E-state index is 0.392. The molecule has 0 atom stereocenters. The van der Waals surface area contributed by atoms with Crippen molar-refractivity contribution in [1.82, 2.24) is 0 Å². The van der Waals surface area contributed by atoms with Crippen LogP contribution in [0.2, 0.25) is 0 Å². The van der Waals surface area contributed by atoms with E-state index in [1.165, 1.54) is 19.3 Å². The van der Waals surface area contributed by atoms with E-state index in [0.717, 1.165) is 12.8 Å². The molecule has 3 nitrogen and oxygen atoms in total. The molecule has 0 saturated heterocycles. The van der Waals surface area contributed by atoms with Gasteiger partial charge in [-0.25, -0.2) is 0 Å². The first kappa shape index (κ1) is 9.41. The van der Waals surface area contributed by atoms with Crippen molar-refractivity contribution in [2.45, 2.75) is 32.1 Å². The van der Waals surface area contributed by atoms with E-state index in [1.807, 2.05) is 0 Å². The fraction of sp³-hybridized carbons (Fsp3) is 0.857. The molecule has 0 radical (unpaired) electrons. The first-order chi connectivity index (χ1) is 4.93. The Balaban J connectivity index is 0.000000371. The summed E-state index contributed by atoms with van der Waals surface area (Å²) in [4.78, 5) is 0. The van der Waals surface area contributed by atoms with Crippen molar-refractivity contribution in [3.8, 4) is 6.07 Å². The van der Waals surface area contributed by atoms with Gasteiger partial charge in [0, 0.05) is 5.92 Å². The topological polar surface area (TPSA) is 64.2 Å². The third-order valence-corrected chi connectivity index (χ3v) is 1.79. The lowest BCUT2D eigenvalue weighted by atomic mass is 9.91. The average molecular weight is 143 g/mol. The molecule has 0 unspecified atom stereocenters. The molecular weight excluding hydrogens is 130 g/mol. The molecule has 58 valence electrons. The Labute approximate surface area is 60.8 Å². The molecule has 0 aromatic rings. The zero-order chi connectivity index (χ0) is 7.82. The molecule has 0 heterocycles. The summed E-state index contributed by atoms with van der Waals surface area (Å²) in [5, 5.41) is 20.4. The molecule has 3 heteroatoms. The molecule has 0 aromatic carbocycles. The van der Waals surface area contributed by atoms with Gasteiger partial charge < -0.3 is 0 Å². The van der Waals surface area contributed by atoms with Gasteiger partial charge in [0.2, 0.25) is 0 Å². The van der Waals surface area contributed by atoms with Crippen LogP contribution >= 0.6 is 0 Å². The second kappa shape index (κ2) is 6.53. The molecule has 0 spiro atoms. The normalized spacial score (nSPS) is 18.5. The van der Waals surface area contributed by atoms with Gasteiger partial charge in [0.15, 0.2) is 0 Å². The van der Waals surface area contributed by atoms with E-state index in [2.05, 4.69) is 6.07 Å². The zero-order valence-corrected chi connectivity index (χ0v) is 5.95. The highest BCUT2D eigenvalue weighted by atomic mass is 17.0. The van der Waals surface area contributed by atoms with Crippen molar-refractivity contribution < 1.29 is 10.5 Å². The molecule has 1 saturated carbocycles. The lowest BCUT2D eigenvalue weighted by molar-refractivity contribution is -0.176. The first-order valence-electron chi connectivity index (χ1n) is 3.53. The number of rotatable bonds is 0. The second-order valence-electron chi connectivity index (χ2n) is 2.46.